The summed E-state index contributed by atoms with van der Waals surface area (Å²) >= 11 is 0. The van der Waals surface area contributed by atoms with E-state index in [4.69, 9.17) is 4.74 Å². The third-order valence-corrected chi connectivity index (χ3v) is 5.61. The average Bonchev–Trinajstić information content (AvgIpc) is 2.69. The molecule has 0 radical (unpaired) electrons. The van der Waals surface area contributed by atoms with Gasteiger partial charge in [0.2, 0.25) is 0 Å². The topological polar surface area (TPSA) is 46.5 Å². The Morgan fingerprint density at radius 2 is 1.55 bits per heavy atom. The molecular formula is C26H34O3. The molecule has 0 atom stereocenters. The number of hydrogen-bond acceptors (Lipinski definition) is 3. The van der Waals surface area contributed by atoms with E-state index in [-0.39, 0.29) is 11.4 Å². The van der Waals surface area contributed by atoms with Gasteiger partial charge < -0.3 is 9.84 Å². The number of hydrogen-bond donors (Lipinski definition) is 1. The van der Waals surface area contributed by atoms with Gasteiger partial charge in [-0.25, -0.2) is 4.79 Å². The lowest BCUT2D eigenvalue weighted by molar-refractivity contribution is -0.137. The number of aromatic hydroxyl groups is 1. The fourth-order valence-corrected chi connectivity index (χ4v) is 4.18. The van der Waals surface area contributed by atoms with Crippen LogP contribution in [0.4, 0.5) is 0 Å². The fourth-order valence-electron chi connectivity index (χ4n) is 4.18. The molecule has 2 aromatic rings. The Bertz CT molecular complexity index is 858. The Kier molecular flexibility index (Phi) is 8.07. The highest BCUT2D eigenvalue weighted by Gasteiger charge is 2.33. The molecule has 2 rings (SSSR count). The van der Waals surface area contributed by atoms with Crippen molar-refractivity contribution in [3.8, 4) is 5.75 Å². The number of carbonyl (C=O) groups is 1. The summed E-state index contributed by atoms with van der Waals surface area (Å²) in [7, 11) is 0. The first-order valence-corrected chi connectivity index (χ1v) is 10.6. The van der Waals surface area contributed by atoms with Crippen LogP contribution in [-0.4, -0.2) is 17.7 Å². The summed E-state index contributed by atoms with van der Waals surface area (Å²) in [5.74, 6) is 0.0214. The van der Waals surface area contributed by atoms with Crippen molar-refractivity contribution in [2.75, 3.05) is 6.61 Å². The number of carbonyl (C=O) groups excluding carboxylic acids is 1. The molecule has 156 valence electrons. The number of phenolic OH excluding ortho intramolecular Hbond substituents is 1. The second-order valence-electron chi connectivity index (χ2n) is 7.74. The highest BCUT2D eigenvalue weighted by atomic mass is 16.5. The van der Waals surface area contributed by atoms with Crippen LogP contribution in [0.25, 0.3) is 6.08 Å². The lowest BCUT2D eigenvalue weighted by Gasteiger charge is -2.36. The Hall–Kier alpha value is -2.55. The van der Waals surface area contributed by atoms with E-state index in [9.17, 15) is 9.90 Å². The fraction of sp³-hybridized carbons (Fsp3) is 0.423. The lowest BCUT2D eigenvalue weighted by atomic mass is 9.68. The molecule has 3 nitrogen and oxygen atoms in total. The van der Waals surface area contributed by atoms with Crippen molar-refractivity contribution in [1.82, 2.24) is 0 Å². The molecule has 0 aliphatic carbocycles. The molecule has 0 saturated heterocycles. The minimum Gasteiger partial charge on any atom is -0.508 e. The van der Waals surface area contributed by atoms with Crippen LogP contribution in [0.5, 0.6) is 5.75 Å². The molecule has 0 bridgehead atoms. The van der Waals surface area contributed by atoms with E-state index in [0.29, 0.717) is 12.4 Å². The average molecular weight is 395 g/mol. The van der Waals surface area contributed by atoms with Crippen molar-refractivity contribution >= 4 is 12.0 Å². The van der Waals surface area contributed by atoms with Gasteiger partial charge in [0.15, 0.2) is 0 Å². The normalized spacial score (nSPS) is 11.8. The summed E-state index contributed by atoms with van der Waals surface area (Å²) < 4.78 is 4.98. The maximum atomic E-state index is 11.6. The van der Waals surface area contributed by atoms with Crippen LogP contribution in [0.15, 0.2) is 42.5 Å². The Morgan fingerprint density at radius 3 is 2.07 bits per heavy atom. The zero-order valence-electron chi connectivity index (χ0n) is 18.4. The number of rotatable bonds is 9. The minimum atomic E-state index is -0.318. The summed E-state index contributed by atoms with van der Waals surface area (Å²) in [5, 5.41) is 10.0. The molecule has 0 aromatic heterocycles. The van der Waals surface area contributed by atoms with E-state index in [1.54, 1.807) is 6.92 Å². The van der Waals surface area contributed by atoms with Crippen molar-refractivity contribution in [2.24, 2.45) is 0 Å². The highest BCUT2D eigenvalue weighted by Crippen LogP contribution is 2.42. The molecule has 0 spiro atoms. The molecule has 0 aliphatic rings. The van der Waals surface area contributed by atoms with Crippen LogP contribution < -0.4 is 0 Å². The molecule has 0 unspecified atom stereocenters. The van der Waals surface area contributed by atoms with Gasteiger partial charge in [-0.1, -0.05) is 57.0 Å². The van der Waals surface area contributed by atoms with Gasteiger partial charge in [-0.3, -0.25) is 0 Å². The number of esters is 1. The van der Waals surface area contributed by atoms with Crippen molar-refractivity contribution < 1.29 is 14.6 Å². The predicted octanol–water partition coefficient (Wildman–Crippen LogP) is 6.47. The maximum absolute atomic E-state index is 11.6. The van der Waals surface area contributed by atoms with Gasteiger partial charge in [-0.15, -0.1) is 0 Å². The van der Waals surface area contributed by atoms with Gasteiger partial charge in [0.25, 0.3) is 0 Å². The van der Waals surface area contributed by atoms with E-state index in [2.05, 4.69) is 51.1 Å². The predicted molar refractivity (Wildman–Crippen MR) is 120 cm³/mol. The number of phenols is 1. The van der Waals surface area contributed by atoms with E-state index in [0.717, 1.165) is 42.4 Å². The van der Waals surface area contributed by atoms with E-state index >= 15 is 0 Å². The largest absolute Gasteiger partial charge is 0.508 e. The molecule has 0 saturated carbocycles. The number of benzene rings is 2. The van der Waals surface area contributed by atoms with E-state index in [1.165, 1.54) is 17.2 Å². The zero-order chi connectivity index (χ0) is 21.4. The Morgan fingerprint density at radius 1 is 0.966 bits per heavy atom. The number of aryl methyl sites for hydroxylation is 2. The number of ether oxygens (including phenoxy) is 1. The Balaban J connectivity index is 2.52. The molecule has 0 aliphatic heterocycles. The third-order valence-electron chi connectivity index (χ3n) is 5.61. The van der Waals surface area contributed by atoms with Crippen LogP contribution in [0.1, 0.15) is 74.3 Å². The summed E-state index contributed by atoms with van der Waals surface area (Å²) in [6.07, 6.45) is 7.54. The molecular weight excluding hydrogens is 360 g/mol. The van der Waals surface area contributed by atoms with Crippen LogP contribution >= 0.6 is 0 Å². The van der Waals surface area contributed by atoms with Crippen LogP contribution in [0.2, 0.25) is 0 Å². The molecule has 29 heavy (non-hydrogen) atoms. The summed E-state index contributed by atoms with van der Waals surface area (Å²) in [5.41, 5.74) is 5.52. The van der Waals surface area contributed by atoms with Crippen molar-refractivity contribution in [1.29, 1.82) is 0 Å². The van der Waals surface area contributed by atoms with Crippen LogP contribution in [0, 0.1) is 13.8 Å². The standard InChI is InChI=1S/C26H34O3/c1-6-15-26(16-7-2,23-12-13-24(27)20(5)18-23)22-11-9-21(19(4)17-22)10-14-25(28)29-8-3/h9-14,17-18,27H,6-8,15-16H2,1-5H3/b14-10+. The molecule has 3 heteroatoms. The zero-order valence-corrected chi connectivity index (χ0v) is 18.4. The Labute approximate surface area is 175 Å². The quantitative estimate of drug-likeness (QED) is 0.391. The SMILES string of the molecule is CCCC(CCC)(c1ccc(O)c(C)c1)c1ccc(/C=C/C(=O)OCC)c(C)c1. The first-order chi connectivity index (χ1) is 13.9. The smallest absolute Gasteiger partial charge is 0.330 e. The first kappa shape index (κ1) is 22.7. The molecule has 1 N–H and O–H groups in total. The molecule has 0 amide bonds. The maximum Gasteiger partial charge on any atom is 0.330 e. The van der Waals surface area contributed by atoms with Gasteiger partial charge >= 0.3 is 5.97 Å². The van der Waals surface area contributed by atoms with Gasteiger partial charge in [0, 0.05) is 11.5 Å². The molecule has 0 heterocycles. The van der Waals surface area contributed by atoms with Gasteiger partial charge in [-0.2, -0.15) is 0 Å². The van der Waals surface area contributed by atoms with Crippen molar-refractivity contribution in [3.05, 3.63) is 70.3 Å². The third kappa shape index (κ3) is 5.29. The van der Waals surface area contributed by atoms with Gasteiger partial charge in [-0.05, 0) is 73.6 Å². The molecule has 0 fully saturated rings. The molecule has 2 aromatic carbocycles. The van der Waals surface area contributed by atoms with Crippen LogP contribution in [0.3, 0.4) is 0 Å². The second kappa shape index (κ2) is 10.3. The van der Waals surface area contributed by atoms with Crippen molar-refractivity contribution in [2.45, 2.75) is 65.7 Å². The highest BCUT2D eigenvalue weighted by molar-refractivity contribution is 5.87. The first-order valence-electron chi connectivity index (χ1n) is 10.6. The van der Waals surface area contributed by atoms with Crippen molar-refractivity contribution in [3.63, 3.8) is 0 Å². The van der Waals surface area contributed by atoms with E-state index < -0.39 is 0 Å². The monoisotopic (exact) mass is 394 g/mol. The summed E-state index contributed by atoms with van der Waals surface area (Å²) in [6.45, 7) is 10.7. The minimum absolute atomic E-state index is 0.0872. The lowest BCUT2D eigenvalue weighted by Crippen LogP contribution is -2.28. The van der Waals surface area contributed by atoms with E-state index in [1.807, 2.05) is 19.1 Å². The second-order valence-corrected chi connectivity index (χ2v) is 7.74. The van der Waals surface area contributed by atoms with Gasteiger partial charge in [0.1, 0.15) is 5.75 Å². The van der Waals surface area contributed by atoms with Gasteiger partial charge in [0.05, 0.1) is 6.61 Å². The van der Waals surface area contributed by atoms with Crippen LogP contribution in [-0.2, 0) is 14.9 Å². The summed E-state index contributed by atoms with van der Waals surface area (Å²) in [6, 6.07) is 12.5. The summed E-state index contributed by atoms with van der Waals surface area (Å²) in [4.78, 5) is 11.6.